The fourth-order valence-electron chi connectivity index (χ4n) is 1.69. The van der Waals surface area contributed by atoms with Gasteiger partial charge >= 0.3 is 12.1 Å². The molecule has 0 unspecified atom stereocenters. The Morgan fingerprint density at radius 1 is 1.37 bits per heavy atom. The Balaban J connectivity index is 2.64. The van der Waals surface area contributed by atoms with E-state index in [4.69, 9.17) is 5.11 Å². The van der Waals surface area contributed by atoms with Gasteiger partial charge < -0.3 is 10.0 Å². The van der Waals surface area contributed by atoms with Gasteiger partial charge in [-0.15, -0.1) is 0 Å². The number of aromatic carboxylic acids is 1. The van der Waals surface area contributed by atoms with Crippen molar-refractivity contribution < 1.29 is 23.1 Å². The zero-order valence-corrected chi connectivity index (χ0v) is 10.8. The van der Waals surface area contributed by atoms with Crippen LogP contribution >= 0.6 is 0 Å². The van der Waals surface area contributed by atoms with Crippen molar-refractivity contribution in [2.24, 2.45) is 0 Å². The van der Waals surface area contributed by atoms with Crippen LogP contribution < -0.4 is 0 Å². The summed E-state index contributed by atoms with van der Waals surface area (Å²) >= 11 is 0. The van der Waals surface area contributed by atoms with E-state index in [1.165, 1.54) is 12.1 Å². The van der Waals surface area contributed by atoms with Crippen molar-refractivity contribution in [2.45, 2.75) is 26.1 Å². The Morgan fingerprint density at radius 3 is 2.47 bits per heavy atom. The van der Waals surface area contributed by atoms with E-state index in [2.05, 4.69) is 0 Å². The number of carboxylic acids is 1. The maximum absolute atomic E-state index is 12.1. The molecule has 0 atom stereocenters. The van der Waals surface area contributed by atoms with Crippen LogP contribution in [0.5, 0.6) is 0 Å². The lowest BCUT2D eigenvalue weighted by molar-refractivity contribution is -0.137. The van der Waals surface area contributed by atoms with E-state index in [1.807, 2.05) is 0 Å². The van der Waals surface area contributed by atoms with Crippen LogP contribution in [0.2, 0.25) is 0 Å². The molecule has 0 aliphatic rings. The minimum atomic E-state index is -4.16. The minimum absolute atomic E-state index is 0.0797. The van der Waals surface area contributed by atoms with Gasteiger partial charge in [-0.05, 0) is 37.2 Å². The monoisotopic (exact) mass is 275 g/mol. The first-order chi connectivity index (χ1) is 8.69. The highest BCUT2D eigenvalue weighted by atomic mass is 19.4. The molecule has 0 aromatic heterocycles. The topological polar surface area (TPSA) is 40.5 Å². The number of carboxylic acid groups (broad SMARTS) is 1. The molecule has 0 radical (unpaired) electrons. The van der Waals surface area contributed by atoms with E-state index in [-0.39, 0.29) is 12.1 Å². The Bertz CT molecular complexity index is 458. The van der Waals surface area contributed by atoms with Gasteiger partial charge in [-0.1, -0.05) is 6.07 Å². The lowest BCUT2D eigenvalue weighted by Gasteiger charge is -2.19. The summed E-state index contributed by atoms with van der Waals surface area (Å²) in [5.74, 6) is -1.01. The molecule has 3 nitrogen and oxygen atoms in total. The molecular formula is C13H16F3NO2. The lowest BCUT2D eigenvalue weighted by Crippen LogP contribution is -2.24. The largest absolute Gasteiger partial charge is 0.478 e. The van der Waals surface area contributed by atoms with Crippen molar-refractivity contribution >= 4 is 5.97 Å². The van der Waals surface area contributed by atoms with Gasteiger partial charge in [0.15, 0.2) is 0 Å². The van der Waals surface area contributed by atoms with Crippen LogP contribution in [0.3, 0.4) is 0 Å². The number of halogens is 3. The molecule has 1 N–H and O–H groups in total. The van der Waals surface area contributed by atoms with E-state index >= 15 is 0 Å². The van der Waals surface area contributed by atoms with Gasteiger partial charge in [0.05, 0.1) is 12.0 Å². The normalized spacial score (nSPS) is 11.9. The van der Waals surface area contributed by atoms with Gasteiger partial charge in [0.25, 0.3) is 0 Å². The molecule has 1 aromatic carbocycles. The average molecular weight is 275 g/mol. The van der Waals surface area contributed by atoms with Gasteiger partial charge in [0.1, 0.15) is 0 Å². The highest BCUT2D eigenvalue weighted by Crippen LogP contribution is 2.20. The number of nitrogens with zero attached hydrogens (tertiary/aromatic N) is 1. The number of alkyl halides is 3. The maximum Gasteiger partial charge on any atom is 0.390 e. The number of hydrogen-bond donors (Lipinski definition) is 1. The number of carbonyl (C=O) groups is 1. The molecule has 1 aromatic rings. The van der Waals surface area contributed by atoms with E-state index in [0.717, 1.165) is 11.1 Å². The van der Waals surface area contributed by atoms with Crippen LogP contribution in [0, 0.1) is 6.92 Å². The van der Waals surface area contributed by atoms with E-state index in [9.17, 15) is 18.0 Å². The van der Waals surface area contributed by atoms with Gasteiger partial charge in [-0.3, -0.25) is 0 Å². The second-order valence-corrected chi connectivity index (χ2v) is 4.55. The summed E-state index contributed by atoms with van der Waals surface area (Å²) in [4.78, 5) is 12.3. The first-order valence-electron chi connectivity index (χ1n) is 5.77. The maximum atomic E-state index is 12.1. The highest BCUT2D eigenvalue weighted by Gasteiger charge is 2.27. The Hall–Kier alpha value is -1.56. The van der Waals surface area contributed by atoms with Gasteiger partial charge in [0, 0.05) is 13.1 Å². The highest BCUT2D eigenvalue weighted by molar-refractivity contribution is 5.87. The molecule has 0 saturated carbocycles. The summed E-state index contributed by atoms with van der Waals surface area (Å²) in [6.07, 6.45) is -5.01. The molecular weight excluding hydrogens is 259 g/mol. The van der Waals surface area contributed by atoms with Crippen molar-refractivity contribution in [3.8, 4) is 0 Å². The molecule has 1 rings (SSSR count). The van der Waals surface area contributed by atoms with E-state index < -0.39 is 18.6 Å². The molecule has 0 fully saturated rings. The van der Waals surface area contributed by atoms with Crippen molar-refractivity contribution in [3.63, 3.8) is 0 Å². The first-order valence-corrected chi connectivity index (χ1v) is 5.77. The van der Waals surface area contributed by atoms with Crippen molar-refractivity contribution in [1.29, 1.82) is 0 Å². The minimum Gasteiger partial charge on any atom is -0.478 e. The Labute approximate surface area is 109 Å². The molecule has 0 aliphatic heterocycles. The molecule has 0 bridgehead atoms. The van der Waals surface area contributed by atoms with E-state index in [0.29, 0.717) is 6.54 Å². The predicted molar refractivity (Wildman–Crippen MR) is 65.1 cm³/mol. The van der Waals surface area contributed by atoms with E-state index in [1.54, 1.807) is 24.9 Å². The van der Waals surface area contributed by atoms with Crippen molar-refractivity contribution in [1.82, 2.24) is 4.90 Å². The summed E-state index contributed by atoms with van der Waals surface area (Å²) < 4.78 is 36.3. The zero-order chi connectivity index (χ0) is 14.6. The molecule has 6 heteroatoms. The molecule has 0 aliphatic carbocycles. The van der Waals surface area contributed by atoms with Crippen LogP contribution in [0.25, 0.3) is 0 Å². The fourth-order valence-corrected chi connectivity index (χ4v) is 1.69. The number of rotatable bonds is 5. The van der Waals surface area contributed by atoms with Crippen molar-refractivity contribution in [3.05, 3.63) is 34.9 Å². The fraction of sp³-hybridized carbons (Fsp3) is 0.462. The van der Waals surface area contributed by atoms with Crippen molar-refractivity contribution in [2.75, 3.05) is 13.6 Å². The predicted octanol–water partition coefficient (Wildman–Crippen LogP) is 3.08. The van der Waals surface area contributed by atoms with Crippen LogP contribution in [0.15, 0.2) is 18.2 Å². The summed E-state index contributed by atoms with van der Waals surface area (Å²) in [7, 11) is 1.61. The van der Waals surface area contributed by atoms with Crippen LogP contribution in [-0.4, -0.2) is 35.7 Å². The zero-order valence-electron chi connectivity index (χ0n) is 10.8. The summed E-state index contributed by atoms with van der Waals surface area (Å²) in [6.45, 7) is 2.03. The smallest absolute Gasteiger partial charge is 0.390 e. The van der Waals surface area contributed by atoms with Gasteiger partial charge in [-0.2, -0.15) is 13.2 Å². The quantitative estimate of drug-likeness (QED) is 0.897. The van der Waals surface area contributed by atoms with Gasteiger partial charge in [-0.25, -0.2) is 4.79 Å². The molecule has 0 heterocycles. The van der Waals surface area contributed by atoms with Crippen LogP contribution in [-0.2, 0) is 6.54 Å². The third kappa shape index (κ3) is 5.30. The SMILES string of the molecule is Cc1cc(C(=O)O)ccc1CN(C)CCC(F)(F)F. The first kappa shape index (κ1) is 15.5. The molecule has 0 saturated heterocycles. The third-order valence-corrected chi connectivity index (χ3v) is 2.81. The third-order valence-electron chi connectivity index (χ3n) is 2.81. The molecule has 0 spiro atoms. The summed E-state index contributed by atoms with van der Waals surface area (Å²) in [6, 6.07) is 4.63. The average Bonchev–Trinajstić information content (AvgIpc) is 2.28. The molecule has 106 valence electrons. The second-order valence-electron chi connectivity index (χ2n) is 4.55. The van der Waals surface area contributed by atoms with Gasteiger partial charge in [0.2, 0.25) is 0 Å². The number of hydrogen-bond acceptors (Lipinski definition) is 2. The van der Waals surface area contributed by atoms with Crippen LogP contribution in [0.1, 0.15) is 27.9 Å². The summed E-state index contributed by atoms with van der Waals surface area (Å²) in [5.41, 5.74) is 1.77. The molecule has 0 amide bonds. The Kier molecular flexibility index (Phi) is 4.94. The standard InChI is InChI=1S/C13H16F3NO2/c1-9-7-10(12(18)19)3-4-11(9)8-17(2)6-5-13(14,15)16/h3-4,7H,5-6,8H2,1-2H3,(H,18,19). The van der Waals surface area contributed by atoms with Crippen LogP contribution in [0.4, 0.5) is 13.2 Å². The lowest BCUT2D eigenvalue weighted by atomic mass is 10.0. The summed E-state index contributed by atoms with van der Waals surface area (Å²) in [5, 5.41) is 8.82. The number of benzene rings is 1. The molecule has 19 heavy (non-hydrogen) atoms. The number of aryl methyl sites for hydroxylation is 1. The second kappa shape index (κ2) is 6.06. The Morgan fingerprint density at radius 2 is 2.00 bits per heavy atom.